The molecular formula is C11H16ClN3. The molecule has 0 aliphatic heterocycles. The lowest BCUT2D eigenvalue weighted by Gasteiger charge is -2.38. The number of halogens is 1. The first-order valence-corrected chi connectivity index (χ1v) is 5.63. The van der Waals surface area contributed by atoms with Gasteiger partial charge in [0.25, 0.3) is 0 Å². The Bertz CT molecular complexity index is 361. The van der Waals surface area contributed by atoms with Crippen molar-refractivity contribution in [3.8, 4) is 0 Å². The molecule has 2 rings (SSSR count). The van der Waals surface area contributed by atoms with E-state index in [1.807, 2.05) is 0 Å². The molecule has 0 amide bonds. The Morgan fingerprint density at radius 2 is 2.27 bits per heavy atom. The SMILES string of the molecule is CC1(CNc2nc(Cl)ccc2N)CCC1. The first-order chi connectivity index (χ1) is 7.09. The Morgan fingerprint density at radius 1 is 1.53 bits per heavy atom. The van der Waals surface area contributed by atoms with Gasteiger partial charge in [-0.05, 0) is 30.4 Å². The molecule has 0 bridgehead atoms. The van der Waals surface area contributed by atoms with Crippen molar-refractivity contribution in [1.82, 2.24) is 4.98 Å². The van der Waals surface area contributed by atoms with Crippen LogP contribution in [0.3, 0.4) is 0 Å². The van der Waals surface area contributed by atoms with Gasteiger partial charge in [0.15, 0.2) is 5.82 Å². The molecule has 3 N–H and O–H groups in total. The van der Waals surface area contributed by atoms with Crippen LogP contribution in [0.5, 0.6) is 0 Å². The number of aromatic nitrogens is 1. The predicted octanol–water partition coefficient (Wildman–Crippen LogP) is 2.92. The van der Waals surface area contributed by atoms with Crippen molar-refractivity contribution in [2.75, 3.05) is 17.6 Å². The van der Waals surface area contributed by atoms with Gasteiger partial charge in [-0.25, -0.2) is 4.98 Å². The normalized spacial score (nSPS) is 18.3. The number of pyridine rings is 1. The summed E-state index contributed by atoms with van der Waals surface area (Å²) in [6.07, 6.45) is 3.89. The molecule has 1 fully saturated rings. The molecule has 1 aromatic heterocycles. The molecule has 0 atom stereocenters. The summed E-state index contributed by atoms with van der Waals surface area (Å²) in [7, 11) is 0. The minimum absolute atomic E-state index is 0.413. The van der Waals surface area contributed by atoms with Gasteiger partial charge in [0.1, 0.15) is 5.15 Å². The highest BCUT2D eigenvalue weighted by Crippen LogP contribution is 2.40. The van der Waals surface area contributed by atoms with E-state index < -0.39 is 0 Å². The Labute approximate surface area is 95.0 Å². The van der Waals surface area contributed by atoms with Gasteiger partial charge in [0.2, 0.25) is 0 Å². The van der Waals surface area contributed by atoms with Crippen molar-refractivity contribution in [1.29, 1.82) is 0 Å². The molecule has 0 aromatic carbocycles. The van der Waals surface area contributed by atoms with Crippen LogP contribution in [0.4, 0.5) is 11.5 Å². The fourth-order valence-corrected chi connectivity index (χ4v) is 1.99. The molecule has 4 heteroatoms. The zero-order valence-corrected chi connectivity index (χ0v) is 9.64. The van der Waals surface area contributed by atoms with E-state index in [2.05, 4.69) is 17.2 Å². The third kappa shape index (κ3) is 2.34. The van der Waals surface area contributed by atoms with Gasteiger partial charge < -0.3 is 11.1 Å². The van der Waals surface area contributed by atoms with Crippen LogP contribution in [0.25, 0.3) is 0 Å². The minimum Gasteiger partial charge on any atom is -0.396 e. The number of hydrogen-bond acceptors (Lipinski definition) is 3. The van der Waals surface area contributed by atoms with Gasteiger partial charge in [-0.15, -0.1) is 0 Å². The maximum Gasteiger partial charge on any atom is 0.150 e. The van der Waals surface area contributed by atoms with Gasteiger partial charge in [0.05, 0.1) is 5.69 Å². The molecule has 15 heavy (non-hydrogen) atoms. The quantitative estimate of drug-likeness (QED) is 0.778. The summed E-state index contributed by atoms with van der Waals surface area (Å²) in [5, 5.41) is 3.75. The van der Waals surface area contributed by atoms with Crippen molar-refractivity contribution >= 4 is 23.1 Å². The second-order valence-electron chi connectivity index (χ2n) is 4.59. The van der Waals surface area contributed by atoms with Crippen molar-refractivity contribution in [3.63, 3.8) is 0 Å². The molecule has 3 nitrogen and oxygen atoms in total. The van der Waals surface area contributed by atoms with Crippen molar-refractivity contribution < 1.29 is 0 Å². The van der Waals surface area contributed by atoms with E-state index in [-0.39, 0.29) is 0 Å². The van der Waals surface area contributed by atoms with E-state index in [9.17, 15) is 0 Å². The van der Waals surface area contributed by atoms with E-state index in [0.29, 0.717) is 22.1 Å². The lowest BCUT2D eigenvalue weighted by molar-refractivity contribution is 0.180. The Kier molecular flexibility index (Phi) is 2.74. The molecule has 1 aromatic rings. The average Bonchev–Trinajstić information content (AvgIpc) is 2.17. The van der Waals surface area contributed by atoms with Crippen LogP contribution in [0.1, 0.15) is 26.2 Å². The van der Waals surface area contributed by atoms with Crippen molar-refractivity contribution in [2.24, 2.45) is 5.41 Å². The highest BCUT2D eigenvalue weighted by atomic mass is 35.5. The average molecular weight is 226 g/mol. The van der Waals surface area contributed by atoms with Gasteiger partial charge in [-0.3, -0.25) is 0 Å². The molecule has 0 unspecified atom stereocenters. The monoisotopic (exact) mass is 225 g/mol. The summed E-state index contributed by atoms with van der Waals surface area (Å²) in [6, 6.07) is 3.48. The number of nitrogens with one attached hydrogen (secondary N) is 1. The van der Waals surface area contributed by atoms with E-state index >= 15 is 0 Å². The highest BCUT2D eigenvalue weighted by molar-refractivity contribution is 6.29. The molecule has 0 radical (unpaired) electrons. The first kappa shape index (κ1) is 10.6. The number of nitrogens with zero attached hydrogens (tertiary/aromatic N) is 1. The van der Waals surface area contributed by atoms with Gasteiger partial charge in [-0.1, -0.05) is 24.9 Å². The van der Waals surface area contributed by atoms with Crippen LogP contribution in [0.2, 0.25) is 5.15 Å². The number of nitrogens with two attached hydrogens (primary N) is 1. The molecule has 0 saturated heterocycles. The number of nitrogen functional groups attached to an aromatic ring is 1. The highest BCUT2D eigenvalue weighted by Gasteiger charge is 2.31. The van der Waals surface area contributed by atoms with Gasteiger partial charge >= 0.3 is 0 Å². The zero-order chi connectivity index (χ0) is 10.9. The zero-order valence-electron chi connectivity index (χ0n) is 8.89. The van der Waals surface area contributed by atoms with Crippen LogP contribution in [-0.2, 0) is 0 Å². The van der Waals surface area contributed by atoms with Crippen LogP contribution >= 0.6 is 11.6 Å². The second kappa shape index (κ2) is 3.89. The summed E-state index contributed by atoms with van der Waals surface area (Å²) in [4.78, 5) is 4.16. The fourth-order valence-electron chi connectivity index (χ4n) is 1.84. The first-order valence-electron chi connectivity index (χ1n) is 5.25. The van der Waals surface area contributed by atoms with Crippen molar-refractivity contribution in [3.05, 3.63) is 17.3 Å². The molecule has 0 spiro atoms. The topological polar surface area (TPSA) is 50.9 Å². The lowest BCUT2D eigenvalue weighted by atomic mass is 9.70. The molecule has 1 saturated carbocycles. The Hall–Kier alpha value is -0.960. The molecule has 1 aliphatic rings. The lowest BCUT2D eigenvalue weighted by Crippen LogP contribution is -2.33. The van der Waals surface area contributed by atoms with E-state index in [1.165, 1.54) is 19.3 Å². The summed E-state index contributed by atoms with van der Waals surface area (Å²) in [6.45, 7) is 3.20. The second-order valence-corrected chi connectivity index (χ2v) is 4.98. The fraction of sp³-hybridized carbons (Fsp3) is 0.545. The molecular weight excluding hydrogens is 210 g/mol. The maximum atomic E-state index is 5.81. The number of hydrogen-bond donors (Lipinski definition) is 2. The standard InChI is InChI=1S/C11H16ClN3/c1-11(5-2-6-11)7-14-10-8(13)3-4-9(12)15-10/h3-4H,2,5-7,13H2,1H3,(H,14,15). The van der Waals surface area contributed by atoms with Crippen molar-refractivity contribution in [2.45, 2.75) is 26.2 Å². The predicted molar refractivity (Wildman–Crippen MR) is 64.1 cm³/mol. The summed E-state index contributed by atoms with van der Waals surface area (Å²) in [5.74, 6) is 0.704. The number of rotatable bonds is 3. The summed E-state index contributed by atoms with van der Waals surface area (Å²) >= 11 is 5.81. The third-order valence-corrected chi connectivity index (χ3v) is 3.35. The van der Waals surface area contributed by atoms with E-state index in [0.717, 1.165) is 6.54 Å². The third-order valence-electron chi connectivity index (χ3n) is 3.14. The summed E-state index contributed by atoms with van der Waals surface area (Å²) in [5.41, 5.74) is 6.86. The van der Waals surface area contributed by atoms with Crippen LogP contribution in [0, 0.1) is 5.41 Å². The van der Waals surface area contributed by atoms with E-state index in [1.54, 1.807) is 12.1 Å². The molecule has 1 heterocycles. The number of anilines is 2. The Morgan fingerprint density at radius 3 is 2.87 bits per heavy atom. The van der Waals surface area contributed by atoms with E-state index in [4.69, 9.17) is 17.3 Å². The maximum absolute atomic E-state index is 5.81. The van der Waals surface area contributed by atoms with Gasteiger partial charge in [0, 0.05) is 6.54 Å². The van der Waals surface area contributed by atoms with Gasteiger partial charge in [-0.2, -0.15) is 0 Å². The Balaban J connectivity index is 2.01. The van der Waals surface area contributed by atoms with Crippen LogP contribution in [0.15, 0.2) is 12.1 Å². The smallest absolute Gasteiger partial charge is 0.150 e. The van der Waals surface area contributed by atoms with Crippen LogP contribution < -0.4 is 11.1 Å². The molecule has 82 valence electrons. The largest absolute Gasteiger partial charge is 0.396 e. The minimum atomic E-state index is 0.413. The van der Waals surface area contributed by atoms with Crippen LogP contribution in [-0.4, -0.2) is 11.5 Å². The molecule has 1 aliphatic carbocycles. The summed E-state index contributed by atoms with van der Waals surface area (Å²) < 4.78 is 0.